The average molecular weight is 425 g/mol. The molecule has 1 saturated heterocycles. The highest BCUT2D eigenvalue weighted by Crippen LogP contribution is 2.37. The molecule has 0 radical (unpaired) electrons. The Morgan fingerprint density at radius 1 is 1.26 bits per heavy atom. The number of fused-ring (bicyclic) bond motifs is 1. The van der Waals surface area contributed by atoms with Crippen LogP contribution in [0.4, 0.5) is 4.39 Å². The van der Waals surface area contributed by atoms with Crippen molar-refractivity contribution in [3.63, 3.8) is 0 Å². The van der Waals surface area contributed by atoms with E-state index in [-0.39, 0.29) is 6.04 Å². The predicted molar refractivity (Wildman–Crippen MR) is 127 cm³/mol. The molecule has 0 amide bonds. The molecule has 3 N–H and O–H groups in total. The molecule has 2 aromatic rings. The summed E-state index contributed by atoms with van der Waals surface area (Å²) in [7, 11) is 0. The van der Waals surface area contributed by atoms with Crippen LogP contribution in [-0.4, -0.2) is 34.7 Å². The van der Waals surface area contributed by atoms with Gasteiger partial charge in [0.05, 0.1) is 11.9 Å². The fraction of sp³-hybridized carbons (Fsp3) is 0.538. The van der Waals surface area contributed by atoms with Gasteiger partial charge in [-0.05, 0) is 75.0 Å². The topological polar surface area (TPSA) is 43.1 Å². The van der Waals surface area contributed by atoms with E-state index in [1.807, 2.05) is 6.08 Å². The van der Waals surface area contributed by atoms with Crippen LogP contribution < -0.4 is 10.6 Å². The third-order valence-electron chi connectivity index (χ3n) is 6.86. The van der Waals surface area contributed by atoms with Gasteiger partial charge in [0.25, 0.3) is 0 Å². The standard InChI is InChI=1S/C26H37FN4/c1-5-6-17(2)29-26(21-9-11-23(27)12-10-21)25-14-22-8-7-20(13-24(22)30-25)16-31-15-18(3)28-19(31)4/h5,7-8,13-14,17-18,21,23,26,28-30H,1,4,6,9-12,15-16H2,2-3H3. The Balaban J connectivity index is 1.55. The SMILES string of the molecule is C=CCC(C)NC(c1cc2ccc(CN3CC(C)NC3=C)cc2[nH]1)C1CCC(F)CC1. The lowest BCUT2D eigenvalue weighted by atomic mass is 9.81. The summed E-state index contributed by atoms with van der Waals surface area (Å²) in [6.07, 6.45) is 5.47. The molecular weight excluding hydrogens is 387 g/mol. The minimum Gasteiger partial charge on any atom is -0.368 e. The van der Waals surface area contributed by atoms with E-state index in [2.05, 4.69) is 71.8 Å². The molecule has 3 unspecified atom stereocenters. The van der Waals surface area contributed by atoms with Crippen LogP contribution in [-0.2, 0) is 6.54 Å². The van der Waals surface area contributed by atoms with Crippen LogP contribution in [0.1, 0.15) is 63.3 Å². The first-order valence-corrected chi connectivity index (χ1v) is 11.8. The van der Waals surface area contributed by atoms with Crippen molar-refractivity contribution in [2.24, 2.45) is 5.92 Å². The number of aromatic amines is 1. The summed E-state index contributed by atoms with van der Waals surface area (Å²) < 4.78 is 13.8. The maximum atomic E-state index is 13.8. The molecule has 1 aliphatic heterocycles. The van der Waals surface area contributed by atoms with Gasteiger partial charge in [-0.3, -0.25) is 0 Å². The van der Waals surface area contributed by atoms with Gasteiger partial charge in [-0.15, -0.1) is 6.58 Å². The Hall–Kier alpha value is -2.27. The predicted octanol–water partition coefficient (Wildman–Crippen LogP) is 5.56. The molecule has 1 aromatic carbocycles. The van der Waals surface area contributed by atoms with E-state index in [4.69, 9.17) is 0 Å². The number of hydrogen-bond acceptors (Lipinski definition) is 3. The molecule has 168 valence electrons. The third-order valence-corrected chi connectivity index (χ3v) is 6.86. The van der Waals surface area contributed by atoms with E-state index in [0.717, 1.165) is 38.2 Å². The van der Waals surface area contributed by atoms with Gasteiger partial charge >= 0.3 is 0 Å². The molecule has 1 aromatic heterocycles. The molecule has 2 heterocycles. The van der Waals surface area contributed by atoms with Crippen LogP contribution in [0.25, 0.3) is 10.9 Å². The van der Waals surface area contributed by atoms with Crippen LogP contribution in [0.5, 0.6) is 0 Å². The van der Waals surface area contributed by atoms with Crippen LogP contribution in [0.3, 0.4) is 0 Å². The van der Waals surface area contributed by atoms with Gasteiger partial charge in [0, 0.05) is 36.4 Å². The first-order chi connectivity index (χ1) is 14.9. The molecule has 5 heteroatoms. The van der Waals surface area contributed by atoms with E-state index in [0.29, 0.717) is 30.8 Å². The van der Waals surface area contributed by atoms with Crippen LogP contribution >= 0.6 is 0 Å². The number of hydrogen-bond donors (Lipinski definition) is 3. The van der Waals surface area contributed by atoms with Gasteiger partial charge in [-0.1, -0.05) is 24.8 Å². The smallest absolute Gasteiger partial charge is 0.100 e. The van der Waals surface area contributed by atoms with Crippen molar-refractivity contribution in [2.75, 3.05) is 6.54 Å². The zero-order valence-electron chi connectivity index (χ0n) is 19.0. The lowest BCUT2D eigenvalue weighted by Crippen LogP contribution is -2.36. The number of rotatable bonds is 8. The minimum absolute atomic E-state index is 0.210. The quantitative estimate of drug-likeness (QED) is 0.486. The fourth-order valence-corrected chi connectivity index (χ4v) is 5.22. The summed E-state index contributed by atoms with van der Waals surface area (Å²) in [6, 6.07) is 9.95. The molecule has 4 nitrogen and oxygen atoms in total. The largest absolute Gasteiger partial charge is 0.368 e. The number of alkyl halides is 1. The molecule has 2 fully saturated rings. The number of aromatic nitrogens is 1. The van der Waals surface area contributed by atoms with Crippen molar-refractivity contribution < 1.29 is 4.39 Å². The lowest BCUT2D eigenvalue weighted by Gasteiger charge is -2.33. The molecule has 0 spiro atoms. The molecule has 1 saturated carbocycles. The lowest BCUT2D eigenvalue weighted by molar-refractivity contribution is 0.172. The summed E-state index contributed by atoms with van der Waals surface area (Å²) >= 11 is 0. The van der Waals surface area contributed by atoms with Crippen LogP contribution in [0.15, 0.2) is 49.3 Å². The second-order valence-corrected chi connectivity index (χ2v) is 9.60. The normalized spacial score (nSPS) is 26.1. The monoisotopic (exact) mass is 424 g/mol. The number of nitrogens with zero attached hydrogens (tertiary/aromatic N) is 1. The second kappa shape index (κ2) is 9.47. The second-order valence-electron chi connectivity index (χ2n) is 9.60. The van der Waals surface area contributed by atoms with Gasteiger partial charge in [-0.2, -0.15) is 0 Å². The van der Waals surface area contributed by atoms with E-state index >= 15 is 0 Å². The van der Waals surface area contributed by atoms with Crippen LogP contribution in [0.2, 0.25) is 0 Å². The van der Waals surface area contributed by atoms with E-state index in [1.54, 1.807) is 0 Å². The highest BCUT2D eigenvalue weighted by Gasteiger charge is 2.30. The Bertz CT molecular complexity index is 911. The van der Waals surface area contributed by atoms with Gasteiger partial charge in [0.1, 0.15) is 6.17 Å². The van der Waals surface area contributed by atoms with Crippen molar-refractivity contribution >= 4 is 10.9 Å². The maximum absolute atomic E-state index is 13.8. The summed E-state index contributed by atoms with van der Waals surface area (Å²) in [5.41, 5.74) is 3.66. The van der Waals surface area contributed by atoms with Gasteiger partial charge in [-0.25, -0.2) is 4.39 Å². The highest BCUT2D eigenvalue weighted by atomic mass is 19.1. The number of benzene rings is 1. The molecule has 31 heavy (non-hydrogen) atoms. The Morgan fingerprint density at radius 3 is 2.71 bits per heavy atom. The summed E-state index contributed by atoms with van der Waals surface area (Å²) in [6.45, 7) is 14.3. The zero-order valence-corrected chi connectivity index (χ0v) is 19.0. The Labute approximate surface area is 186 Å². The fourth-order valence-electron chi connectivity index (χ4n) is 5.22. The number of H-pyrrole nitrogens is 1. The van der Waals surface area contributed by atoms with Crippen LogP contribution in [0, 0.1) is 5.92 Å². The van der Waals surface area contributed by atoms with Gasteiger partial charge in [0.15, 0.2) is 0 Å². The summed E-state index contributed by atoms with van der Waals surface area (Å²) in [5, 5.41) is 8.43. The maximum Gasteiger partial charge on any atom is 0.100 e. The Kier molecular flexibility index (Phi) is 6.71. The van der Waals surface area contributed by atoms with E-state index < -0.39 is 6.17 Å². The van der Waals surface area contributed by atoms with E-state index in [1.165, 1.54) is 22.2 Å². The first kappa shape index (κ1) is 21.9. The van der Waals surface area contributed by atoms with Crippen molar-refractivity contribution in [2.45, 2.75) is 76.8 Å². The summed E-state index contributed by atoms with van der Waals surface area (Å²) in [4.78, 5) is 6.00. The van der Waals surface area contributed by atoms with Crippen molar-refractivity contribution in [1.29, 1.82) is 0 Å². The van der Waals surface area contributed by atoms with Gasteiger partial charge < -0.3 is 20.5 Å². The molecule has 0 bridgehead atoms. The average Bonchev–Trinajstić information content (AvgIpc) is 3.29. The number of nitrogens with one attached hydrogen (secondary N) is 3. The number of halogens is 1. The summed E-state index contributed by atoms with van der Waals surface area (Å²) in [5.74, 6) is 1.45. The van der Waals surface area contributed by atoms with Gasteiger partial charge in [0.2, 0.25) is 0 Å². The van der Waals surface area contributed by atoms with Crippen molar-refractivity contribution in [3.8, 4) is 0 Å². The molecule has 3 atom stereocenters. The molecule has 4 rings (SSSR count). The van der Waals surface area contributed by atoms with Crippen molar-refractivity contribution in [1.82, 2.24) is 20.5 Å². The molecule has 1 aliphatic carbocycles. The molecular formula is C26H37FN4. The van der Waals surface area contributed by atoms with E-state index in [9.17, 15) is 4.39 Å². The highest BCUT2D eigenvalue weighted by molar-refractivity contribution is 5.81. The first-order valence-electron chi connectivity index (χ1n) is 11.8. The Morgan fingerprint density at radius 2 is 2.03 bits per heavy atom. The molecule has 2 aliphatic rings. The third kappa shape index (κ3) is 5.15. The minimum atomic E-state index is -0.634. The van der Waals surface area contributed by atoms with Crippen molar-refractivity contribution in [3.05, 3.63) is 60.6 Å². The zero-order chi connectivity index (χ0) is 22.0.